The van der Waals surface area contributed by atoms with Gasteiger partial charge in [-0.2, -0.15) is 0 Å². The highest BCUT2D eigenvalue weighted by molar-refractivity contribution is 6.35. The summed E-state index contributed by atoms with van der Waals surface area (Å²) in [5, 5.41) is 12.8. The highest BCUT2D eigenvalue weighted by Crippen LogP contribution is 2.36. The van der Waals surface area contributed by atoms with E-state index in [2.05, 4.69) is 5.32 Å². The van der Waals surface area contributed by atoms with Crippen LogP contribution in [0, 0.1) is 0 Å². The Balaban J connectivity index is 2.07. The molecule has 0 atom stereocenters. The Bertz CT molecular complexity index is 799. The molecule has 1 heterocycles. The lowest BCUT2D eigenvalue weighted by Gasteiger charge is -2.05. The third kappa shape index (κ3) is 3.03. The van der Waals surface area contributed by atoms with E-state index in [0.717, 1.165) is 23.2 Å². The first-order valence-electron chi connectivity index (χ1n) is 7.21. The fourth-order valence-corrected chi connectivity index (χ4v) is 2.79. The lowest BCUT2D eigenvalue weighted by molar-refractivity contribution is -0.110. The van der Waals surface area contributed by atoms with Crippen LogP contribution in [0.3, 0.4) is 0 Å². The van der Waals surface area contributed by atoms with Gasteiger partial charge in [0.25, 0.3) is 5.91 Å². The third-order valence-electron chi connectivity index (χ3n) is 3.78. The normalized spacial score (nSPS) is 14.7. The van der Waals surface area contributed by atoms with Crippen molar-refractivity contribution in [1.82, 2.24) is 0 Å². The number of fused-ring (bicyclic) bond motifs is 1. The lowest BCUT2D eigenvalue weighted by Crippen LogP contribution is -2.03. The first kappa shape index (κ1) is 15.4. The van der Waals surface area contributed by atoms with E-state index in [1.165, 1.54) is 0 Å². The van der Waals surface area contributed by atoms with E-state index < -0.39 is 0 Å². The van der Waals surface area contributed by atoms with Crippen molar-refractivity contribution in [3.63, 3.8) is 0 Å². The summed E-state index contributed by atoms with van der Waals surface area (Å²) >= 11 is 5.79. The third-order valence-corrected chi connectivity index (χ3v) is 3.97. The molecule has 118 valence electrons. The second kappa shape index (κ2) is 6.34. The zero-order chi connectivity index (χ0) is 16.4. The summed E-state index contributed by atoms with van der Waals surface area (Å²) in [6.07, 6.45) is 2.41. The summed E-state index contributed by atoms with van der Waals surface area (Å²) in [4.78, 5) is 12.3. The number of phenols is 1. The SMILES string of the molecule is COc1ccc(O)c(C=C2C(=O)Nc3ccc(CCCl)cc32)c1. The van der Waals surface area contributed by atoms with Crippen molar-refractivity contribution in [3.05, 3.63) is 53.1 Å². The van der Waals surface area contributed by atoms with Crippen molar-refractivity contribution < 1.29 is 14.6 Å². The molecule has 0 aliphatic carbocycles. The number of anilines is 1. The standard InChI is InChI=1S/C18H16ClNO3/c1-23-13-3-5-17(21)12(9-13)10-15-14-8-11(6-7-19)2-4-16(14)20-18(15)22/h2-5,8-10,21H,6-7H2,1H3,(H,20,22). The second-order valence-corrected chi connectivity index (χ2v) is 5.63. The molecular formula is C18H16ClNO3. The molecular weight excluding hydrogens is 314 g/mol. The van der Waals surface area contributed by atoms with Crippen LogP contribution < -0.4 is 10.1 Å². The van der Waals surface area contributed by atoms with Crippen LogP contribution in [0.25, 0.3) is 11.6 Å². The van der Waals surface area contributed by atoms with Crippen molar-refractivity contribution in [3.8, 4) is 11.5 Å². The Morgan fingerprint density at radius 3 is 2.83 bits per heavy atom. The molecule has 0 spiro atoms. The summed E-state index contributed by atoms with van der Waals surface area (Å²) < 4.78 is 5.17. The van der Waals surface area contributed by atoms with Crippen molar-refractivity contribution in [2.45, 2.75) is 6.42 Å². The summed E-state index contributed by atoms with van der Waals surface area (Å²) in [6, 6.07) is 10.7. The minimum Gasteiger partial charge on any atom is -0.507 e. The topological polar surface area (TPSA) is 58.6 Å². The molecule has 2 N–H and O–H groups in total. The highest BCUT2D eigenvalue weighted by Gasteiger charge is 2.24. The molecule has 0 saturated heterocycles. The molecule has 2 aromatic carbocycles. The van der Waals surface area contributed by atoms with E-state index in [1.54, 1.807) is 31.4 Å². The van der Waals surface area contributed by atoms with Gasteiger partial charge >= 0.3 is 0 Å². The molecule has 2 aromatic rings. The predicted molar refractivity (Wildman–Crippen MR) is 92.0 cm³/mol. The second-order valence-electron chi connectivity index (χ2n) is 5.26. The largest absolute Gasteiger partial charge is 0.507 e. The molecule has 5 heteroatoms. The van der Waals surface area contributed by atoms with Gasteiger partial charge < -0.3 is 15.2 Å². The number of methoxy groups -OCH3 is 1. The van der Waals surface area contributed by atoms with Gasteiger partial charge in [-0.15, -0.1) is 11.6 Å². The fourth-order valence-electron chi connectivity index (χ4n) is 2.57. The van der Waals surface area contributed by atoms with Gasteiger partial charge in [-0.05, 0) is 48.4 Å². The van der Waals surface area contributed by atoms with Crippen molar-refractivity contribution in [1.29, 1.82) is 0 Å². The number of ether oxygens (including phenoxy) is 1. The van der Waals surface area contributed by atoms with Crippen LogP contribution in [0.1, 0.15) is 16.7 Å². The van der Waals surface area contributed by atoms with Crippen LogP contribution in [0.5, 0.6) is 11.5 Å². The molecule has 0 saturated carbocycles. The quantitative estimate of drug-likeness (QED) is 0.664. The molecule has 1 aliphatic rings. The van der Waals surface area contributed by atoms with E-state index in [9.17, 15) is 9.90 Å². The van der Waals surface area contributed by atoms with Crippen LogP contribution >= 0.6 is 11.6 Å². The maximum Gasteiger partial charge on any atom is 0.256 e. The number of phenolic OH excluding ortho intramolecular Hbond substituents is 1. The maximum absolute atomic E-state index is 12.3. The van der Waals surface area contributed by atoms with E-state index in [0.29, 0.717) is 22.8 Å². The van der Waals surface area contributed by atoms with Crippen molar-refractivity contribution in [2.24, 2.45) is 0 Å². The van der Waals surface area contributed by atoms with Crippen molar-refractivity contribution >= 4 is 34.8 Å². The number of carbonyl (C=O) groups excluding carboxylic acids is 1. The van der Waals surface area contributed by atoms with Gasteiger partial charge in [0.2, 0.25) is 0 Å². The lowest BCUT2D eigenvalue weighted by atomic mass is 10.0. The Morgan fingerprint density at radius 2 is 2.09 bits per heavy atom. The van der Waals surface area contributed by atoms with E-state index in [-0.39, 0.29) is 11.7 Å². The summed E-state index contributed by atoms with van der Waals surface area (Å²) in [5.74, 6) is 1.04. The first-order valence-corrected chi connectivity index (χ1v) is 7.75. The van der Waals surface area contributed by atoms with Crippen LogP contribution in [0.4, 0.5) is 5.69 Å². The number of aromatic hydroxyl groups is 1. The number of alkyl halides is 1. The summed E-state index contributed by atoms with van der Waals surface area (Å²) in [5.41, 5.74) is 3.70. The molecule has 23 heavy (non-hydrogen) atoms. The van der Waals surface area contributed by atoms with E-state index in [1.807, 2.05) is 18.2 Å². The number of benzene rings is 2. The van der Waals surface area contributed by atoms with Crippen LogP contribution in [-0.4, -0.2) is 24.0 Å². The minimum atomic E-state index is -0.190. The van der Waals surface area contributed by atoms with Gasteiger partial charge in [-0.25, -0.2) is 0 Å². The number of aryl methyl sites for hydroxylation is 1. The van der Waals surface area contributed by atoms with Crippen LogP contribution in [0.15, 0.2) is 36.4 Å². The number of halogens is 1. The molecule has 0 radical (unpaired) electrons. The van der Waals surface area contributed by atoms with Crippen molar-refractivity contribution in [2.75, 3.05) is 18.3 Å². The number of carbonyl (C=O) groups is 1. The van der Waals surface area contributed by atoms with Gasteiger partial charge in [-0.3, -0.25) is 4.79 Å². The molecule has 4 nitrogen and oxygen atoms in total. The average Bonchev–Trinajstić information content (AvgIpc) is 2.85. The monoisotopic (exact) mass is 329 g/mol. The van der Waals surface area contributed by atoms with Gasteiger partial charge in [-0.1, -0.05) is 6.07 Å². The Labute approximate surface area is 139 Å². The molecule has 3 rings (SSSR count). The smallest absolute Gasteiger partial charge is 0.256 e. The van der Waals surface area contributed by atoms with Gasteiger partial charge in [0, 0.05) is 28.3 Å². The fraction of sp³-hybridized carbons (Fsp3) is 0.167. The van der Waals surface area contributed by atoms with Gasteiger partial charge in [0.15, 0.2) is 0 Å². The summed E-state index contributed by atoms with van der Waals surface area (Å²) in [7, 11) is 1.55. The van der Waals surface area contributed by atoms with E-state index in [4.69, 9.17) is 16.3 Å². The van der Waals surface area contributed by atoms with Crippen LogP contribution in [-0.2, 0) is 11.2 Å². The maximum atomic E-state index is 12.3. The molecule has 1 amide bonds. The predicted octanol–water partition coefficient (Wildman–Crippen LogP) is 3.67. The molecule has 0 aromatic heterocycles. The van der Waals surface area contributed by atoms with E-state index >= 15 is 0 Å². The van der Waals surface area contributed by atoms with Gasteiger partial charge in [0.1, 0.15) is 11.5 Å². The first-order chi connectivity index (χ1) is 11.1. The summed E-state index contributed by atoms with van der Waals surface area (Å²) in [6.45, 7) is 0. The molecule has 1 aliphatic heterocycles. The number of nitrogens with one attached hydrogen (secondary N) is 1. The molecule has 0 bridgehead atoms. The van der Waals surface area contributed by atoms with Gasteiger partial charge in [0.05, 0.1) is 7.11 Å². The Kier molecular flexibility index (Phi) is 4.26. The zero-order valence-corrected chi connectivity index (χ0v) is 13.4. The Morgan fingerprint density at radius 1 is 1.26 bits per heavy atom. The zero-order valence-electron chi connectivity index (χ0n) is 12.6. The Hall–Kier alpha value is -2.46. The number of hydrogen-bond acceptors (Lipinski definition) is 3. The number of hydrogen-bond donors (Lipinski definition) is 2. The molecule has 0 fully saturated rings. The highest BCUT2D eigenvalue weighted by atomic mass is 35.5. The molecule has 0 unspecified atom stereocenters. The minimum absolute atomic E-state index is 0.0939. The number of amides is 1. The average molecular weight is 330 g/mol. The van der Waals surface area contributed by atoms with Crippen LogP contribution in [0.2, 0.25) is 0 Å². The number of rotatable bonds is 4.